The first-order valence-corrected chi connectivity index (χ1v) is 4.83. The molecular formula is C8H19BN2O2. The maximum absolute atomic E-state index is 5.67. The van der Waals surface area contributed by atoms with E-state index in [-0.39, 0.29) is 12.5 Å². The van der Waals surface area contributed by atoms with Crippen LogP contribution in [0.2, 0.25) is 0 Å². The normalized spacial score (nSPS) is 34.2. The van der Waals surface area contributed by atoms with Gasteiger partial charge in [-0.05, 0) is 27.7 Å². The Morgan fingerprint density at radius 1 is 1.00 bits per heavy atom. The fourth-order valence-corrected chi connectivity index (χ4v) is 2.01. The van der Waals surface area contributed by atoms with Crippen molar-refractivity contribution in [1.82, 2.24) is 10.5 Å². The summed E-state index contributed by atoms with van der Waals surface area (Å²) in [4.78, 5) is 0. The minimum absolute atomic E-state index is 0. The third-order valence-corrected chi connectivity index (χ3v) is 2.52. The van der Waals surface area contributed by atoms with Gasteiger partial charge in [0.1, 0.15) is 0 Å². The molecule has 0 bridgehead atoms. The maximum Gasteiger partial charge on any atom is 1.00 e. The number of hydrogen-bond acceptors (Lipinski definition) is 4. The van der Waals surface area contributed by atoms with Crippen LogP contribution in [0.15, 0.2) is 0 Å². The van der Waals surface area contributed by atoms with Crippen molar-refractivity contribution in [2.75, 3.05) is 13.2 Å². The van der Waals surface area contributed by atoms with Crippen molar-refractivity contribution in [2.24, 2.45) is 0 Å². The van der Waals surface area contributed by atoms with Gasteiger partial charge in [0.25, 0.3) is 0 Å². The Morgan fingerprint density at radius 3 is 1.62 bits per heavy atom. The van der Waals surface area contributed by atoms with E-state index in [1.54, 1.807) is 0 Å². The maximum atomic E-state index is 5.67. The minimum Gasteiger partial charge on any atom is -0.540 e. The second-order valence-corrected chi connectivity index (χ2v) is 5.39. The second kappa shape index (κ2) is 2.48. The molecule has 2 saturated heterocycles. The van der Waals surface area contributed by atoms with Crippen molar-refractivity contribution in [2.45, 2.75) is 38.8 Å². The molecule has 0 radical (unpaired) electrons. The van der Waals surface area contributed by atoms with Crippen molar-refractivity contribution in [3.8, 4) is 0 Å². The van der Waals surface area contributed by atoms with Crippen LogP contribution < -0.4 is 10.5 Å². The third kappa shape index (κ3) is 1.74. The van der Waals surface area contributed by atoms with E-state index in [9.17, 15) is 0 Å². The van der Waals surface area contributed by atoms with Crippen LogP contribution in [0.3, 0.4) is 0 Å². The predicted octanol–water partition coefficient (Wildman–Crippen LogP) is 0.331. The van der Waals surface area contributed by atoms with Gasteiger partial charge in [-0.2, -0.15) is 0 Å². The van der Waals surface area contributed by atoms with Gasteiger partial charge in [-0.25, -0.2) is 0 Å². The van der Waals surface area contributed by atoms with Crippen LogP contribution in [-0.4, -0.2) is 31.1 Å². The summed E-state index contributed by atoms with van der Waals surface area (Å²) >= 11 is 0. The SMILES string of the molecule is CC1(C)CO[B-]2(N1)NC(C)(C)CO2.[H+]. The quantitative estimate of drug-likeness (QED) is 0.535. The number of nitrogens with one attached hydrogen (secondary N) is 2. The van der Waals surface area contributed by atoms with Crippen LogP contribution in [0.5, 0.6) is 0 Å². The summed E-state index contributed by atoms with van der Waals surface area (Å²) in [6.45, 7) is 8.41. The average molecular weight is 186 g/mol. The molecule has 2 fully saturated rings. The van der Waals surface area contributed by atoms with Crippen molar-refractivity contribution in [3.63, 3.8) is 0 Å². The summed E-state index contributed by atoms with van der Waals surface area (Å²) in [5.41, 5.74) is 0.0147. The van der Waals surface area contributed by atoms with Crippen molar-refractivity contribution < 1.29 is 10.7 Å². The molecule has 1 spiro atoms. The predicted molar refractivity (Wildman–Crippen MR) is 53.2 cm³/mol. The van der Waals surface area contributed by atoms with Crippen molar-refractivity contribution >= 4 is 6.82 Å². The smallest absolute Gasteiger partial charge is 0.540 e. The van der Waals surface area contributed by atoms with Crippen molar-refractivity contribution in [3.05, 3.63) is 0 Å². The summed E-state index contributed by atoms with van der Waals surface area (Å²) in [6.07, 6.45) is 0. The molecule has 0 atom stereocenters. The van der Waals surface area contributed by atoms with Crippen LogP contribution in [0.4, 0.5) is 0 Å². The highest BCUT2D eigenvalue weighted by Crippen LogP contribution is 2.26. The van der Waals surface area contributed by atoms with Gasteiger partial charge in [-0.1, -0.05) is 0 Å². The molecule has 2 N–H and O–H groups in total. The minimum atomic E-state index is -1.42. The van der Waals surface area contributed by atoms with E-state index in [4.69, 9.17) is 9.31 Å². The Kier molecular flexibility index (Phi) is 1.80. The lowest BCUT2D eigenvalue weighted by molar-refractivity contribution is 0.207. The molecule has 13 heavy (non-hydrogen) atoms. The highest BCUT2D eigenvalue weighted by atomic mass is 16.6. The molecule has 5 heteroatoms. The Hall–Kier alpha value is -0.0951. The lowest BCUT2D eigenvalue weighted by Gasteiger charge is -2.33. The molecule has 0 aromatic heterocycles. The average Bonchev–Trinajstić information content (AvgIpc) is 2.37. The van der Waals surface area contributed by atoms with Crippen LogP contribution in [-0.2, 0) is 9.31 Å². The third-order valence-electron chi connectivity index (χ3n) is 2.52. The highest BCUT2D eigenvalue weighted by molar-refractivity contribution is 6.63. The van der Waals surface area contributed by atoms with Crippen LogP contribution in [0.1, 0.15) is 29.1 Å². The van der Waals surface area contributed by atoms with Crippen LogP contribution in [0, 0.1) is 0 Å². The van der Waals surface area contributed by atoms with E-state index in [1.165, 1.54) is 0 Å². The van der Waals surface area contributed by atoms with E-state index in [1.807, 2.05) is 0 Å². The summed E-state index contributed by atoms with van der Waals surface area (Å²) in [5, 5.41) is 6.74. The van der Waals surface area contributed by atoms with Crippen LogP contribution in [0.25, 0.3) is 0 Å². The topological polar surface area (TPSA) is 42.5 Å². The molecular weight excluding hydrogens is 167 g/mol. The molecule has 2 aliphatic rings. The zero-order valence-corrected chi connectivity index (χ0v) is 8.81. The lowest BCUT2D eigenvalue weighted by atomic mass is 9.87. The first-order chi connectivity index (χ1) is 5.83. The Balaban J connectivity index is 0.000000980. The molecule has 0 amide bonds. The lowest BCUT2D eigenvalue weighted by Crippen LogP contribution is -2.64. The number of hydrogen-bond donors (Lipinski definition) is 2. The Bertz CT molecular complexity index is 211. The summed E-state index contributed by atoms with van der Waals surface area (Å²) in [6, 6.07) is 0. The molecule has 76 valence electrons. The van der Waals surface area contributed by atoms with E-state index in [2.05, 4.69) is 38.2 Å². The van der Waals surface area contributed by atoms with E-state index in [0.29, 0.717) is 13.2 Å². The number of rotatable bonds is 0. The Labute approximate surface area is 80.9 Å². The van der Waals surface area contributed by atoms with Gasteiger partial charge < -0.3 is 19.8 Å². The zero-order valence-electron chi connectivity index (χ0n) is 9.81. The van der Waals surface area contributed by atoms with E-state index >= 15 is 0 Å². The van der Waals surface area contributed by atoms with Gasteiger partial charge >= 0.3 is 8.25 Å². The zero-order chi connectivity index (χ0) is 9.74. The van der Waals surface area contributed by atoms with Gasteiger partial charge in [-0.15, -0.1) is 0 Å². The van der Waals surface area contributed by atoms with E-state index < -0.39 is 6.82 Å². The van der Waals surface area contributed by atoms with Gasteiger partial charge in [0.15, 0.2) is 0 Å². The van der Waals surface area contributed by atoms with Crippen molar-refractivity contribution in [1.29, 1.82) is 0 Å². The fourth-order valence-electron chi connectivity index (χ4n) is 2.01. The molecule has 2 rings (SSSR count). The van der Waals surface area contributed by atoms with Gasteiger partial charge in [0.2, 0.25) is 0 Å². The molecule has 0 aliphatic carbocycles. The standard InChI is InChI=1S/C8H18BN2O2/c1-7(2)5-12-9(10-7)11-8(3,4)6-13-9/h10-11H,5-6H2,1-4H3/q-1/p+1. The molecule has 4 nitrogen and oxygen atoms in total. The summed E-state index contributed by atoms with van der Waals surface area (Å²) < 4.78 is 11.3. The largest absolute Gasteiger partial charge is 1.00 e. The molecule has 0 saturated carbocycles. The highest BCUT2D eigenvalue weighted by Gasteiger charge is 2.47. The molecule has 0 unspecified atom stereocenters. The van der Waals surface area contributed by atoms with Gasteiger partial charge in [0.05, 0.1) is 0 Å². The molecule has 0 aromatic rings. The first kappa shape index (κ1) is 9.46. The van der Waals surface area contributed by atoms with Gasteiger partial charge in [-0.3, -0.25) is 0 Å². The molecule has 0 aromatic carbocycles. The first-order valence-electron chi connectivity index (χ1n) is 4.83. The van der Waals surface area contributed by atoms with Crippen LogP contribution >= 0.6 is 0 Å². The molecule has 2 heterocycles. The van der Waals surface area contributed by atoms with Gasteiger partial charge in [0, 0.05) is 24.3 Å². The summed E-state index contributed by atoms with van der Waals surface area (Å²) in [5.74, 6) is 0. The second-order valence-electron chi connectivity index (χ2n) is 5.39. The summed E-state index contributed by atoms with van der Waals surface area (Å²) in [7, 11) is 0. The monoisotopic (exact) mass is 186 g/mol. The van der Waals surface area contributed by atoms with E-state index in [0.717, 1.165) is 0 Å². The molecule has 2 aliphatic heterocycles. The Morgan fingerprint density at radius 2 is 1.38 bits per heavy atom. The fraction of sp³-hybridized carbons (Fsp3) is 1.00.